The van der Waals surface area contributed by atoms with E-state index >= 15 is 0 Å². The third-order valence-corrected chi connectivity index (χ3v) is 8.37. The number of hydrogen-bond acceptors (Lipinski definition) is 7. The van der Waals surface area contributed by atoms with E-state index in [9.17, 15) is 9.13 Å². The topological polar surface area (TPSA) is 84.2 Å². The predicted molar refractivity (Wildman–Crippen MR) is 71.8 cm³/mol. The quantitative estimate of drug-likeness (QED) is 0.762. The molecule has 2 rings (SSSR count). The molecule has 1 aliphatic rings. The Morgan fingerprint density at radius 1 is 1.40 bits per heavy atom. The Morgan fingerprint density at radius 2 is 2.05 bits per heavy atom. The van der Waals surface area contributed by atoms with Crippen molar-refractivity contribution < 1.29 is 31.6 Å². The van der Waals surface area contributed by atoms with Crippen LogP contribution in [0.5, 0.6) is 0 Å². The average Bonchev–Trinajstić information content (AvgIpc) is 3.05. The highest BCUT2D eigenvalue weighted by Gasteiger charge is 2.62. The highest BCUT2D eigenvalue weighted by atomic mass is 31.2. The van der Waals surface area contributed by atoms with Crippen LogP contribution in [0.4, 0.5) is 0 Å². The van der Waals surface area contributed by atoms with Crippen LogP contribution in [-0.4, -0.2) is 26.7 Å². The standard InChI is InChI=1S/C11H18O7P2/c1-11(20(13,15-3)16-4)8-10(9-6-5-7-17-9)19(12,14-2)18-11/h5-7,10H,8H2,1-4H3. The lowest BCUT2D eigenvalue weighted by atomic mass is 10.2. The molecule has 2 heterocycles. The summed E-state index contributed by atoms with van der Waals surface area (Å²) in [5.74, 6) is 0.456. The second kappa shape index (κ2) is 5.41. The summed E-state index contributed by atoms with van der Waals surface area (Å²) in [7, 11) is -3.30. The molecule has 0 bridgehead atoms. The summed E-state index contributed by atoms with van der Waals surface area (Å²) in [6.07, 6.45) is 1.61. The molecule has 0 saturated carbocycles. The summed E-state index contributed by atoms with van der Waals surface area (Å²) in [4.78, 5) is 0. The molecule has 1 fully saturated rings. The van der Waals surface area contributed by atoms with Crippen LogP contribution in [0.25, 0.3) is 0 Å². The number of hydrogen-bond donors (Lipinski definition) is 0. The van der Waals surface area contributed by atoms with Crippen LogP contribution in [-0.2, 0) is 27.2 Å². The van der Waals surface area contributed by atoms with Gasteiger partial charge < -0.3 is 18.0 Å². The maximum Gasteiger partial charge on any atom is 0.361 e. The minimum atomic E-state index is -3.59. The molecule has 1 aromatic rings. The molecule has 1 aromatic heterocycles. The van der Waals surface area contributed by atoms with E-state index in [4.69, 9.17) is 22.5 Å². The molecule has 114 valence electrons. The van der Waals surface area contributed by atoms with E-state index in [0.717, 1.165) is 0 Å². The van der Waals surface area contributed by atoms with Crippen molar-refractivity contribution in [1.29, 1.82) is 0 Å². The molecule has 1 saturated heterocycles. The molecule has 0 amide bonds. The van der Waals surface area contributed by atoms with E-state index in [1.807, 2.05) is 0 Å². The van der Waals surface area contributed by atoms with Crippen LogP contribution < -0.4 is 0 Å². The van der Waals surface area contributed by atoms with Gasteiger partial charge >= 0.3 is 15.2 Å². The largest absolute Gasteiger partial charge is 0.468 e. The van der Waals surface area contributed by atoms with Crippen LogP contribution in [0.2, 0.25) is 0 Å². The maximum absolute atomic E-state index is 12.8. The fourth-order valence-electron chi connectivity index (χ4n) is 2.37. The molecule has 0 aliphatic carbocycles. The fraction of sp³-hybridized carbons (Fsp3) is 0.636. The second-order valence-electron chi connectivity index (χ2n) is 4.59. The number of rotatable bonds is 5. The van der Waals surface area contributed by atoms with Crippen LogP contribution in [0, 0.1) is 0 Å². The van der Waals surface area contributed by atoms with Gasteiger partial charge in [-0.2, -0.15) is 0 Å². The van der Waals surface area contributed by atoms with Gasteiger partial charge in [-0.05, 0) is 19.1 Å². The van der Waals surface area contributed by atoms with Crippen molar-refractivity contribution in [2.75, 3.05) is 21.3 Å². The van der Waals surface area contributed by atoms with Crippen molar-refractivity contribution in [1.82, 2.24) is 0 Å². The van der Waals surface area contributed by atoms with Crippen molar-refractivity contribution in [2.45, 2.75) is 24.3 Å². The minimum Gasteiger partial charge on any atom is -0.468 e. The van der Waals surface area contributed by atoms with Gasteiger partial charge in [0.25, 0.3) is 0 Å². The normalized spacial score (nSPS) is 34.5. The molecule has 3 atom stereocenters. The van der Waals surface area contributed by atoms with Gasteiger partial charge in [-0.15, -0.1) is 0 Å². The molecule has 3 unspecified atom stereocenters. The fourth-order valence-corrected chi connectivity index (χ4v) is 6.69. The maximum atomic E-state index is 12.8. The third-order valence-electron chi connectivity index (χ3n) is 3.46. The van der Waals surface area contributed by atoms with Gasteiger partial charge in [0.1, 0.15) is 11.4 Å². The van der Waals surface area contributed by atoms with Gasteiger partial charge in [0, 0.05) is 27.8 Å². The van der Waals surface area contributed by atoms with Crippen molar-refractivity contribution >= 4 is 15.2 Å². The first-order valence-corrected chi connectivity index (χ1v) is 9.11. The Balaban J connectivity index is 2.44. The van der Waals surface area contributed by atoms with Crippen LogP contribution >= 0.6 is 15.2 Å². The summed E-state index contributed by atoms with van der Waals surface area (Å²) in [6.45, 7) is 1.54. The average molecular weight is 324 g/mol. The zero-order valence-corrected chi connectivity index (χ0v) is 13.6. The van der Waals surface area contributed by atoms with E-state index in [1.54, 1.807) is 12.1 Å². The van der Waals surface area contributed by atoms with Gasteiger partial charge in [0.2, 0.25) is 0 Å². The zero-order chi connectivity index (χ0) is 15.0. The Kier molecular flexibility index (Phi) is 4.32. The van der Waals surface area contributed by atoms with Crippen LogP contribution in [0.3, 0.4) is 0 Å². The SMILES string of the molecule is COP1(=O)OC(C)(P(=O)(OC)OC)CC1c1ccco1. The second-order valence-corrected chi connectivity index (χ2v) is 9.51. The number of furan rings is 1. The molecule has 20 heavy (non-hydrogen) atoms. The highest BCUT2D eigenvalue weighted by Crippen LogP contribution is 2.79. The summed E-state index contributed by atoms with van der Waals surface area (Å²) in [5, 5.41) is -1.36. The predicted octanol–water partition coefficient (Wildman–Crippen LogP) is 3.78. The van der Waals surface area contributed by atoms with Crippen LogP contribution in [0.1, 0.15) is 24.8 Å². The Hall–Kier alpha value is -0.420. The lowest BCUT2D eigenvalue weighted by Crippen LogP contribution is -2.24. The summed E-state index contributed by atoms with van der Waals surface area (Å²) in [5.41, 5.74) is -0.647. The molecule has 7 nitrogen and oxygen atoms in total. The monoisotopic (exact) mass is 324 g/mol. The molecule has 0 aromatic carbocycles. The Morgan fingerprint density at radius 3 is 2.50 bits per heavy atom. The molecule has 0 spiro atoms. The van der Waals surface area contributed by atoms with Gasteiger partial charge in [-0.1, -0.05) is 0 Å². The zero-order valence-electron chi connectivity index (χ0n) is 11.8. The first kappa shape index (κ1) is 16.0. The van der Waals surface area contributed by atoms with Crippen molar-refractivity contribution in [3.63, 3.8) is 0 Å². The van der Waals surface area contributed by atoms with E-state index in [-0.39, 0.29) is 6.42 Å². The van der Waals surface area contributed by atoms with E-state index in [0.29, 0.717) is 5.76 Å². The van der Waals surface area contributed by atoms with Gasteiger partial charge in [0.15, 0.2) is 5.34 Å². The van der Waals surface area contributed by atoms with Gasteiger partial charge in [0.05, 0.1) is 6.26 Å². The Labute approximate surface area is 117 Å². The first-order chi connectivity index (χ1) is 9.34. The van der Waals surface area contributed by atoms with E-state index in [2.05, 4.69) is 0 Å². The molecule has 0 radical (unpaired) electrons. The van der Waals surface area contributed by atoms with E-state index < -0.39 is 26.2 Å². The van der Waals surface area contributed by atoms with Crippen molar-refractivity contribution in [3.05, 3.63) is 24.2 Å². The first-order valence-electron chi connectivity index (χ1n) is 5.95. The van der Waals surface area contributed by atoms with E-state index in [1.165, 1.54) is 34.5 Å². The van der Waals surface area contributed by atoms with Gasteiger partial charge in [-0.3, -0.25) is 13.7 Å². The van der Waals surface area contributed by atoms with Gasteiger partial charge in [-0.25, -0.2) is 0 Å². The van der Waals surface area contributed by atoms with Crippen molar-refractivity contribution in [2.24, 2.45) is 0 Å². The molecule has 1 aliphatic heterocycles. The highest BCUT2D eigenvalue weighted by molar-refractivity contribution is 7.59. The summed E-state index contributed by atoms with van der Waals surface area (Å²) >= 11 is 0. The minimum absolute atomic E-state index is 0.143. The third kappa shape index (κ3) is 2.33. The summed E-state index contributed by atoms with van der Waals surface area (Å²) in [6, 6.07) is 3.35. The van der Waals surface area contributed by atoms with Crippen LogP contribution in [0.15, 0.2) is 22.8 Å². The smallest absolute Gasteiger partial charge is 0.361 e. The molecule has 9 heteroatoms. The summed E-state index contributed by atoms with van der Waals surface area (Å²) < 4.78 is 51.2. The lowest BCUT2D eigenvalue weighted by molar-refractivity contribution is 0.119. The molecular weight excluding hydrogens is 306 g/mol. The lowest BCUT2D eigenvalue weighted by Gasteiger charge is -2.29. The molecule has 0 N–H and O–H groups in total. The van der Waals surface area contributed by atoms with Crippen molar-refractivity contribution in [3.8, 4) is 0 Å². The molecular formula is C11H18O7P2. The Bertz CT molecular complexity index is 547.